The van der Waals surface area contributed by atoms with Crippen molar-refractivity contribution in [1.82, 2.24) is 10.3 Å². The number of thiophene rings is 1. The molecule has 1 aliphatic heterocycles. The second-order valence-electron chi connectivity index (χ2n) is 6.38. The van der Waals surface area contributed by atoms with Crippen molar-refractivity contribution in [3.05, 3.63) is 48.1 Å². The number of aromatic nitrogens is 1. The van der Waals surface area contributed by atoms with Crippen LogP contribution in [0.3, 0.4) is 0 Å². The smallest absolute Gasteiger partial charge is 0.490 e. The highest BCUT2D eigenvalue weighted by molar-refractivity contribution is 7.13. The van der Waals surface area contributed by atoms with Gasteiger partial charge >= 0.3 is 12.1 Å². The lowest BCUT2D eigenvalue weighted by atomic mass is 10.0. The predicted octanol–water partition coefficient (Wildman–Crippen LogP) is 4.73. The molecule has 0 unspecified atom stereocenters. The van der Waals surface area contributed by atoms with Crippen LogP contribution in [0.5, 0.6) is 5.75 Å². The summed E-state index contributed by atoms with van der Waals surface area (Å²) in [5.74, 6) is -1.76. The van der Waals surface area contributed by atoms with Gasteiger partial charge in [0.2, 0.25) is 0 Å². The summed E-state index contributed by atoms with van der Waals surface area (Å²) in [5.41, 5.74) is 1.20. The van der Waals surface area contributed by atoms with Crippen molar-refractivity contribution in [3.63, 3.8) is 0 Å². The molecule has 4 rings (SSSR count). The Kier molecular flexibility index (Phi) is 6.71. The van der Waals surface area contributed by atoms with E-state index in [2.05, 4.69) is 46.0 Å². The molecule has 0 bridgehead atoms. The van der Waals surface area contributed by atoms with Crippen molar-refractivity contribution in [2.75, 3.05) is 13.1 Å². The number of aliphatic carboxylic acids is 1. The van der Waals surface area contributed by atoms with Gasteiger partial charge < -0.3 is 15.2 Å². The van der Waals surface area contributed by atoms with Crippen LogP contribution in [0, 0.1) is 0 Å². The highest BCUT2D eigenvalue weighted by Crippen LogP contribution is 2.40. The first-order valence-corrected chi connectivity index (χ1v) is 9.82. The number of carbonyl (C=O) groups is 1. The van der Waals surface area contributed by atoms with Crippen molar-refractivity contribution in [3.8, 4) is 16.2 Å². The average Bonchev–Trinajstić information content (AvgIpc) is 3.23. The van der Waals surface area contributed by atoms with E-state index in [1.165, 1.54) is 15.8 Å². The average molecular weight is 424 g/mol. The minimum atomic E-state index is -5.08. The van der Waals surface area contributed by atoms with E-state index in [9.17, 15) is 13.2 Å². The first-order valence-electron chi connectivity index (χ1n) is 8.94. The molecule has 9 heteroatoms. The Balaban J connectivity index is 0.000000298. The Morgan fingerprint density at radius 1 is 1.21 bits per heavy atom. The number of benzene rings is 1. The molecule has 2 aromatic heterocycles. The fraction of sp³-hybridized carbons (Fsp3) is 0.300. The highest BCUT2D eigenvalue weighted by Gasteiger charge is 2.38. The van der Waals surface area contributed by atoms with E-state index in [1.807, 2.05) is 12.4 Å². The number of alkyl halides is 3. The zero-order valence-corrected chi connectivity index (χ0v) is 16.1. The summed E-state index contributed by atoms with van der Waals surface area (Å²) in [5, 5.41) is 15.0. The van der Waals surface area contributed by atoms with Crippen LogP contribution in [-0.4, -0.2) is 41.4 Å². The minimum Gasteiger partial charge on any atom is -0.490 e. The fourth-order valence-corrected chi connectivity index (χ4v) is 3.80. The highest BCUT2D eigenvalue weighted by atomic mass is 32.1. The van der Waals surface area contributed by atoms with Gasteiger partial charge in [-0.3, -0.25) is 4.98 Å². The van der Waals surface area contributed by atoms with Gasteiger partial charge in [-0.25, -0.2) is 4.79 Å². The molecule has 1 aliphatic rings. The van der Waals surface area contributed by atoms with Gasteiger partial charge in [0.25, 0.3) is 0 Å². The number of carboxylic acids is 1. The molecule has 0 saturated carbocycles. The summed E-state index contributed by atoms with van der Waals surface area (Å²) in [6, 6.07) is 10.5. The summed E-state index contributed by atoms with van der Waals surface area (Å²) < 4.78 is 38.1. The molecule has 154 valence electrons. The summed E-state index contributed by atoms with van der Waals surface area (Å²) in [6.07, 6.45) is 1.13. The Bertz CT molecular complexity index is 955. The lowest BCUT2D eigenvalue weighted by Crippen LogP contribution is -2.34. The molecule has 5 nitrogen and oxygen atoms in total. The summed E-state index contributed by atoms with van der Waals surface area (Å²) in [7, 11) is 0. The van der Waals surface area contributed by atoms with Crippen LogP contribution in [0.4, 0.5) is 13.2 Å². The second kappa shape index (κ2) is 9.23. The Hall–Kier alpha value is -2.65. The molecule has 3 aromatic rings. The maximum atomic E-state index is 10.6. The van der Waals surface area contributed by atoms with Crippen LogP contribution in [0.1, 0.15) is 12.8 Å². The van der Waals surface area contributed by atoms with Crippen molar-refractivity contribution in [2.24, 2.45) is 0 Å². The zero-order valence-electron chi connectivity index (χ0n) is 15.3. The van der Waals surface area contributed by atoms with Gasteiger partial charge in [-0.15, -0.1) is 11.3 Å². The number of piperidine rings is 1. The lowest BCUT2D eigenvalue weighted by molar-refractivity contribution is -0.192. The normalized spacial score (nSPS) is 14.9. The van der Waals surface area contributed by atoms with E-state index in [0.29, 0.717) is 6.10 Å². The van der Waals surface area contributed by atoms with Crippen molar-refractivity contribution in [1.29, 1.82) is 0 Å². The Morgan fingerprint density at radius 3 is 2.55 bits per heavy atom. The maximum absolute atomic E-state index is 10.6. The monoisotopic (exact) mass is 424 g/mol. The predicted molar refractivity (Wildman–Crippen MR) is 105 cm³/mol. The Morgan fingerprint density at radius 2 is 1.93 bits per heavy atom. The van der Waals surface area contributed by atoms with E-state index in [4.69, 9.17) is 14.6 Å². The molecular formula is C20H19F3N2O3S. The maximum Gasteiger partial charge on any atom is 0.490 e. The third-order valence-electron chi connectivity index (χ3n) is 4.37. The molecule has 1 fully saturated rings. The molecule has 0 amide bonds. The number of nitrogens with zero attached hydrogens (tertiary/aromatic N) is 1. The van der Waals surface area contributed by atoms with Crippen LogP contribution in [0.2, 0.25) is 0 Å². The number of hydrogen-bond acceptors (Lipinski definition) is 5. The summed E-state index contributed by atoms with van der Waals surface area (Å²) in [4.78, 5) is 14.4. The number of pyridine rings is 1. The number of hydrogen-bond donors (Lipinski definition) is 2. The largest absolute Gasteiger partial charge is 0.490 e. The van der Waals surface area contributed by atoms with Gasteiger partial charge in [-0.1, -0.05) is 6.07 Å². The van der Waals surface area contributed by atoms with E-state index in [-0.39, 0.29) is 0 Å². The van der Waals surface area contributed by atoms with Gasteiger partial charge in [-0.05, 0) is 61.0 Å². The third kappa shape index (κ3) is 5.45. The van der Waals surface area contributed by atoms with Crippen molar-refractivity contribution < 1.29 is 27.8 Å². The van der Waals surface area contributed by atoms with E-state index >= 15 is 0 Å². The molecular weight excluding hydrogens is 405 g/mol. The van der Waals surface area contributed by atoms with Crippen LogP contribution in [-0.2, 0) is 4.79 Å². The Labute approximate surface area is 169 Å². The number of carboxylic acid groups (broad SMARTS) is 1. The molecule has 1 aromatic carbocycles. The van der Waals surface area contributed by atoms with Gasteiger partial charge in [0.15, 0.2) is 0 Å². The van der Waals surface area contributed by atoms with Crippen molar-refractivity contribution >= 4 is 28.1 Å². The second-order valence-corrected chi connectivity index (χ2v) is 7.33. The molecule has 3 heterocycles. The van der Waals surface area contributed by atoms with Gasteiger partial charge in [0.1, 0.15) is 11.9 Å². The number of rotatable bonds is 3. The SMILES string of the molecule is O=C(O)C(F)(F)F.c1csc(-c2c(OC3CCNCC3)ccc3cnccc23)c1. The molecule has 29 heavy (non-hydrogen) atoms. The fourth-order valence-electron chi connectivity index (χ4n) is 3.01. The van der Waals surface area contributed by atoms with E-state index < -0.39 is 12.1 Å². The number of fused-ring (bicyclic) bond motifs is 1. The lowest BCUT2D eigenvalue weighted by Gasteiger charge is -2.25. The topological polar surface area (TPSA) is 71.5 Å². The van der Waals surface area contributed by atoms with Crippen LogP contribution >= 0.6 is 11.3 Å². The molecule has 0 atom stereocenters. The molecule has 1 saturated heterocycles. The van der Waals surface area contributed by atoms with Crippen molar-refractivity contribution in [2.45, 2.75) is 25.1 Å². The molecule has 2 N–H and O–H groups in total. The first-order chi connectivity index (χ1) is 13.9. The molecule has 0 radical (unpaired) electrons. The van der Waals surface area contributed by atoms with Crippen LogP contribution in [0.15, 0.2) is 48.1 Å². The number of ether oxygens (including phenoxy) is 1. The van der Waals surface area contributed by atoms with E-state index in [1.54, 1.807) is 11.3 Å². The van der Waals surface area contributed by atoms with Crippen LogP contribution in [0.25, 0.3) is 21.2 Å². The quantitative estimate of drug-likeness (QED) is 0.636. The minimum absolute atomic E-state index is 0.305. The van der Waals surface area contributed by atoms with Crippen LogP contribution < -0.4 is 10.1 Å². The van der Waals surface area contributed by atoms with Gasteiger partial charge in [0.05, 0.1) is 0 Å². The number of halogens is 3. The van der Waals surface area contributed by atoms with Gasteiger partial charge in [-0.2, -0.15) is 13.2 Å². The standard InChI is InChI=1S/C18H18N2OS.C2HF3O2/c1-2-17(22-11-1)18-15-7-10-20-12-13(15)3-4-16(18)21-14-5-8-19-9-6-14;3-2(4,5)1(6)7/h1-4,7,10-12,14,19H,5-6,8-9H2;(H,6,7). The molecule has 0 aliphatic carbocycles. The number of nitrogens with one attached hydrogen (secondary N) is 1. The summed E-state index contributed by atoms with van der Waals surface area (Å²) >= 11 is 1.75. The van der Waals surface area contributed by atoms with E-state index in [0.717, 1.165) is 37.1 Å². The summed E-state index contributed by atoms with van der Waals surface area (Å²) in [6.45, 7) is 2.08. The van der Waals surface area contributed by atoms with Gasteiger partial charge in [0, 0.05) is 28.2 Å². The molecule has 0 spiro atoms. The zero-order chi connectivity index (χ0) is 20.9. The third-order valence-corrected chi connectivity index (χ3v) is 5.26. The first kappa shape index (κ1) is 21.1.